The molecule has 0 unspecified atom stereocenters. The number of benzene rings is 2. The highest BCUT2D eigenvalue weighted by Crippen LogP contribution is 2.31. The summed E-state index contributed by atoms with van der Waals surface area (Å²) >= 11 is 1.10. The Kier molecular flexibility index (Phi) is 4.46. The molecular formula is C20H12F3N3O2S. The summed E-state index contributed by atoms with van der Waals surface area (Å²) in [6.07, 6.45) is -3.34. The topological polar surface area (TPSA) is 64.0 Å². The Morgan fingerprint density at radius 3 is 2.52 bits per heavy atom. The van der Waals surface area contributed by atoms with Gasteiger partial charge in [-0.25, -0.2) is 0 Å². The normalized spacial score (nSPS) is 11.7. The number of hydrogen-bond acceptors (Lipinski definition) is 4. The molecule has 1 N–H and O–H groups in total. The van der Waals surface area contributed by atoms with Crippen molar-refractivity contribution in [2.45, 2.75) is 6.18 Å². The van der Waals surface area contributed by atoms with E-state index >= 15 is 0 Å². The minimum atomic E-state index is -4.47. The highest BCUT2D eigenvalue weighted by Gasteiger charge is 2.30. The SMILES string of the molecule is C=CC(=O)Nc1ccc2c(c1)c1nscc1c(=O)n2-c1ccc(C(F)(F)F)cc1. The Balaban J connectivity index is 1.97. The van der Waals surface area contributed by atoms with E-state index in [0.717, 1.165) is 29.7 Å². The third-order valence-electron chi connectivity index (χ3n) is 4.40. The number of pyridine rings is 1. The van der Waals surface area contributed by atoms with Gasteiger partial charge >= 0.3 is 6.18 Å². The van der Waals surface area contributed by atoms with Crippen LogP contribution in [0.3, 0.4) is 0 Å². The van der Waals surface area contributed by atoms with Crippen molar-refractivity contribution in [3.8, 4) is 5.69 Å². The third-order valence-corrected chi connectivity index (χ3v) is 5.03. The molecule has 29 heavy (non-hydrogen) atoms. The van der Waals surface area contributed by atoms with Crippen molar-refractivity contribution in [1.82, 2.24) is 8.94 Å². The Hall–Kier alpha value is -3.46. The predicted octanol–water partition coefficient (Wildman–Crippen LogP) is 4.74. The summed E-state index contributed by atoms with van der Waals surface area (Å²) in [6, 6.07) is 9.25. The van der Waals surface area contributed by atoms with Gasteiger partial charge in [0.1, 0.15) is 0 Å². The number of nitrogens with zero attached hydrogens (tertiary/aromatic N) is 2. The number of fused-ring (bicyclic) bond motifs is 3. The van der Waals surface area contributed by atoms with E-state index in [2.05, 4.69) is 16.3 Å². The van der Waals surface area contributed by atoms with Crippen LogP contribution in [0.4, 0.5) is 18.9 Å². The van der Waals surface area contributed by atoms with Crippen LogP contribution < -0.4 is 10.9 Å². The number of nitrogens with one attached hydrogen (secondary N) is 1. The molecule has 0 spiro atoms. The fraction of sp³-hybridized carbons (Fsp3) is 0.0500. The van der Waals surface area contributed by atoms with Gasteiger partial charge in [0.2, 0.25) is 5.91 Å². The Labute approximate surface area is 165 Å². The summed E-state index contributed by atoms with van der Waals surface area (Å²) in [5, 5.41) is 5.16. The van der Waals surface area contributed by atoms with Gasteiger partial charge in [0, 0.05) is 22.1 Å². The number of carbonyl (C=O) groups excluding carboxylic acids is 1. The van der Waals surface area contributed by atoms with Crippen molar-refractivity contribution in [2.24, 2.45) is 0 Å². The fourth-order valence-electron chi connectivity index (χ4n) is 3.06. The monoisotopic (exact) mass is 415 g/mol. The van der Waals surface area contributed by atoms with Crippen molar-refractivity contribution in [3.63, 3.8) is 0 Å². The molecule has 0 radical (unpaired) electrons. The molecule has 146 valence electrons. The first-order chi connectivity index (χ1) is 13.8. The van der Waals surface area contributed by atoms with Gasteiger partial charge < -0.3 is 5.32 Å². The average Bonchev–Trinajstić information content (AvgIpc) is 3.19. The molecular weight excluding hydrogens is 403 g/mol. The first kappa shape index (κ1) is 18.9. The maximum absolute atomic E-state index is 13.0. The molecule has 5 nitrogen and oxygen atoms in total. The smallest absolute Gasteiger partial charge is 0.323 e. The average molecular weight is 415 g/mol. The largest absolute Gasteiger partial charge is 0.416 e. The zero-order valence-corrected chi connectivity index (χ0v) is 15.5. The van der Waals surface area contributed by atoms with Gasteiger partial charge in [0.15, 0.2) is 0 Å². The van der Waals surface area contributed by atoms with E-state index in [4.69, 9.17) is 0 Å². The molecule has 0 saturated carbocycles. The van der Waals surface area contributed by atoms with Gasteiger partial charge in [-0.3, -0.25) is 14.2 Å². The lowest BCUT2D eigenvalue weighted by molar-refractivity contribution is -0.137. The van der Waals surface area contributed by atoms with E-state index in [-0.39, 0.29) is 5.56 Å². The van der Waals surface area contributed by atoms with E-state index in [1.54, 1.807) is 23.6 Å². The lowest BCUT2D eigenvalue weighted by Gasteiger charge is -2.14. The summed E-state index contributed by atoms with van der Waals surface area (Å²) in [5.74, 6) is -0.394. The molecule has 0 aliphatic rings. The molecule has 4 aromatic rings. The molecule has 0 aliphatic heterocycles. The van der Waals surface area contributed by atoms with Crippen LogP contribution in [0.25, 0.3) is 27.5 Å². The van der Waals surface area contributed by atoms with Crippen LogP contribution in [-0.4, -0.2) is 14.8 Å². The summed E-state index contributed by atoms with van der Waals surface area (Å²) in [6.45, 7) is 3.40. The number of alkyl halides is 3. The second kappa shape index (κ2) is 6.85. The van der Waals surface area contributed by atoms with Crippen molar-refractivity contribution >= 4 is 44.9 Å². The minimum Gasteiger partial charge on any atom is -0.323 e. The molecule has 0 bridgehead atoms. The predicted molar refractivity (Wildman–Crippen MR) is 107 cm³/mol. The maximum Gasteiger partial charge on any atom is 0.416 e. The Bertz CT molecular complexity index is 1320. The molecule has 9 heteroatoms. The summed E-state index contributed by atoms with van der Waals surface area (Å²) in [4.78, 5) is 24.6. The number of rotatable bonds is 3. The van der Waals surface area contributed by atoms with Gasteiger partial charge in [-0.2, -0.15) is 17.5 Å². The first-order valence-electron chi connectivity index (χ1n) is 8.33. The molecule has 2 aromatic heterocycles. The molecule has 2 aromatic carbocycles. The fourth-order valence-corrected chi connectivity index (χ4v) is 3.73. The number of amides is 1. The third kappa shape index (κ3) is 3.29. The number of hydrogen-bond donors (Lipinski definition) is 1. The number of carbonyl (C=O) groups is 1. The molecule has 0 fully saturated rings. The van der Waals surface area contributed by atoms with Crippen LogP contribution >= 0.6 is 11.5 Å². The van der Waals surface area contributed by atoms with Crippen molar-refractivity contribution in [3.05, 3.63) is 76.4 Å². The lowest BCUT2D eigenvalue weighted by Crippen LogP contribution is -2.19. The van der Waals surface area contributed by atoms with Crippen LogP contribution in [0.1, 0.15) is 5.56 Å². The van der Waals surface area contributed by atoms with E-state index in [0.29, 0.717) is 33.2 Å². The van der Waals surface area contributed by atoms with Crippen LogP contribution in [0.15, 0.2) is 65.3 Å². The van der Waals surface area contributed by atoms with Crippen molar-refractivity contribution in [2.75, 3.05) is 5.32 Å². The highest BCUT2D eigenvalue weighted by atomic mass is 32.1. The molecule has 0 saturated heterocycles. The van der Waals surface area contributed by atoms with Gasteiger partial charge in [-0.1, -0.05) is 6.58 Å². The van der Waals surface area contributed by atoms with Gasteiger partial charge in [0.05, 0.1) is 22.0 Å². The molecule has 4 rings (SSSR count). The van der Waals surface area contributed by atoms with Crippen molar-refractivity contribution < 1.29 is 18.0 Å². The van der Waals surface area contributed by atoms with E-state index in [9.17, 15) is 22.8 Å². The number of aromatic nitrogens is 2. The second-order valence-electron chi connectivity index (χ2n) is 6.19. The Morgan fingerprint density at radius 1 is 1.14 bits per heavy atom. The molecule has 0 atom stereocenters. The molecule has 2 heterocycles. The van der Waals surface area contributed by atoms with E-state index in [1.807, 2.05) is 0 Å². The van der Waals surface area contributed by atoms with Crippen LogP contribution in [0.5, 0.6) is 0 Å². The number of halogens is 3. The van der Waals surface area contributed by atoms with Gasteiger partial charge in [-0.05, 0) is 60.1 Å². The van der Waals surface area contributed by atoms with Crippen molar-refractivity contribution in [1.29, 1.82) is 0 Å². The summed E-state index contributed by atoms with van der Waals surface area (Å²) < 4.78 is 44.3. The molecule has 0 aliphatic carbocycles. The Morgan fingerprint density at radius 2 is 1.86 bits per heavy atom. The van der Waals surface area contributed by atoms with Gasteiger partial charge in [0.25, 0.3) is 5.56 Å². The zero-order chi connectivity index (χ0) is 20.8. The molecule has 1 amide bonds. The zero-order valence-electron chi connectivity index (χ0n) is 14.7. The highest BCUT2D eigenvalue weighted by molar-refractivity contribution is 7.04. The van der Waals surface area contributed by atoms with Crippen LogP contribution in [-0.2, 0) is 11.0 Å². The van der Waals surface area contributed by atoms with Gasteiger partial charge in [-0.15, -0.1) is 0 Å². The van der Waals surface area contributed by atoms with E-state index in [1.165, 1.54) is 16.7 Å². The summed E-state index contributed by atoms with van der Waals surface area (Å²) in [5.41, 5.74) is 0.520. The number of anilines is 1. The van der Waals surface area contributed by atoms with Crippen LogP contribution in [0, 0.1) is 0 Å². The first-order valence-corrected chi connectivity index (χ1v) is 9.17. The maximum atomic E-state index is 13.0. The quantitative estimate of drug-likeness (QED) is 0.492. The minimum absolute atomic E-state index is 0.295. The second-order valence-corrected chi connectivity index (χ2v) is 6.82. The van der Waals surface area contributed by atoms with Crippen LogP contribution in [0.2, 0.25) is 0 Å². The lowest BCUT2D eigenvalue weighted by atomic mass is 10.1. The van der Waals surface area contributed by atoms with E-state index < -0.39 is 17.6 Å². The summed E-state index contributed by atoms with van der Waals surface area (Å²) in [7, 11) is 0. The standard InChI is InChI=1S/C20H12F3N3O2S/c1-2-17(27)24-12-5-8-16-14(9-12)18-15(10-29-25-18)19(28)26(16)13-6-3-11(4-7-13)20(21,22)23/h2-10H,1H2,(H,24,27).